The molecule has 0 aliphatic heterocycles. The summed E-state index contributed by atoms with van der Waals surface area (Å²) in [5.41, 5.74) is 2.78. The van der Waals surface area contributed by atoms with Crippen molar-refractivity contribution < 1.29 is 24.1 Å². The lowest BCUT2D eigenvalue weighted by atomic mass is 9.93. The number of carboxylic acids is 1. The van der Waals surface area contributed by atoms with Crippen molar-refractivity contribution in [1.82, 2.24) is 5.32 Å². The van der Waals surface area contributed by atoms with Gasteiger partial charge in [0.15, 0.2) is 0 Å². The van der Waals surface area contributed by atoms with E-state index in [-0.39, 0.29) is 23.8 Å². The third-order valence-corrected chi connectivity index (χ3v) is 7.57. The Morgan fingerprint density at radius 1 is 0.975 bits per heavy atom. The third kappa shape index (κ3) is 6.76. The number of aliphatic hydroxyl groups is 1. The van der Waals surface area contributed by atoms with E-state index in [1.807, 2.05) is 36.4 Å². The van der Waals surface area contributed by atoms with Crippen LogP contribution in [-0.4, -0.2) is 41.0 Å². The number of ether oxygens (including phenoxy) is 1. The van der Waals surface area contributed by atoms with Gasteiger partial charge in [-0.05, 0) is 78.6 Å². The van der Waals surface area contributed by atoms with Crippen LogP contribution in [0.15, 0.2) is 84.9 Å². The molecule has 6 heteroatoms. The van der Waals surface area contributed by atoms with Gasteiger partial charge in [0.1, 0.15) is 5.82 Å². The second-order valence-corrected chi connectivity index (χ2v) is 11.5. The molecule has 0 amide bonds. The molecule has 1 aliphatic rings. The molecule has 3 N–H and O–H groups in total. The van der Waals surface area contributed by atoms with E-state index < -0.39 is 17.9 Å². The zero-order valence-corrected chi connectivity index (χ0v) is 22.9. The smallest absolute Gasteiger partial charge is 0.335 e. The number of halogens is 1. The molecule has 0 aromatic heterocycles. The summed E-state index contributed by atoms with van der Waals surface area (Å²) in [6, 6.07) is 26.3. The van der Waals surface area contributed by atoms with Crippen molar-refractivity contribution in [3.63, 3.8) is 0 Å². The molecule has 1 unspecified atom stereocenters. The summed E-state index contributed by atoms with van der Waals surface area (Å²) in [4.78, 5) is 11.3. The highest BCUT2D eigenvalue weighted by atomic mass is 19.1. The van der Waals surface area contributed by atoms with E-state index in [0.29, 0.717) is 23.6 Å². The van der Waals surface area contributed by atoms with Crippen LogP contribution in [0.4, 0.5) is 4.39 Å². The summed E-state index contributed by atoms with van der Waals surface area (Å²) in [6.07, 6.45) is 1.83. The Labute approximate surface area is 234 Å². The van der Waals surface area contributed by atoms with Crippen molar-refractivity contribution in [3.05, 3.63) is 107 Å². The van der Waals surface area contributed by atoms with Crippen LogP contribution in [0.3, 0.4) is 0 Å². The molecule has 0 heterocycles. The molecule has 4 aromatic rings. The first-order valence-corrected chi connectivity index (χ1v) is 13.8. The summed E-state index contributed by atoms with van der Waals surface area (Å²) in [5, 5.41) is 26.0. The third-order valence-electron chi connectivity index (χ3n) is 7.57. The number of hydrogen-bond donors (Lipinski definition) is 3. The molecule has 1 saturated carbocycles. The topological polar surface area (TPSA) is 78.8 Å². The molecule has 2 atom stereocenters. The van der Waals surface area contributed by atoms with Gasteiger partial charge in [-0.2, -0.15) is 0 Å². The molecule has 0 spiro atoms. The SMILES string of the molecule is CC(C)(Cc1ccc2ccccc2c1)NC[C@@H](O)COC(c1ccccc1-c1ccc(C(=O)O)cc1F)C1CC1. The Morgan fingerprint density at radius 2 is 1.70 bits per heavy atom. The molecular weight excluding hydrogens is 505 g/mol. The van der Waals surface area contributed by atoms with Crippen molar-refractivity contribution >= 4 is 16.7 Å². The predicted molar refractivity (Wildman–Crippen MR) is 156 cm³/mol. The summed E-state index contributed by atoms with van der Waals surface area (Å²) >= 11 is 0. The average molecular weight is 542 g/mol. The fourth-order valence-electron chi connectivity index (χ4n) is 5.33. The summed E-state index contributed by atoms with van der Waals surface area (Å²) in [7, 11) is 0. The van der Waals surface area contributed by atoms with E-state index in [4.69, 9.17) is 4.74 Å². The van der Waals surface area contributed by atoms with Crippen molar-refractivity contribution in [2.24, 2.45) is 5.92 Å². The van der Waals surface area contributed by atoms with Crippen molar-refractivity contribution in [1.29, 1.82) is 0 Å². The van der Waals surface area contributed by atoms with Gasteiger partial charge in [-0.15, -0.1) is 0 Å². The van der Waals surface area contributed by atoms with E-state index >= 15 is 0 Å². The molecule has 5 nitrogen and oxygen atoms in total. The predicted octanol–water partition coefficient (Wildman–Crippen LogP) is 6.78. The van der Waals surface area contributed by atoms with Crippen LogP contribution < -0.4 is 5.32 Å². The summed E-state index contributed by atoms with van der Waals surface area (Å²) in [5.74, 6) is -1.45. The van der Waals surface area contributed by atoms with Gasteiger partial charge in [-0.25, -0.2) is 9.18 Å². The standard InChI is InChI=1S/C34H36FNO4/c1-34(2,19-22-11-12-23-7-3-4-8-25(23)17-22)36-20-27(37)21-40-32(24-13-14-24)30-10-6-5-9-28(30)29-16-15-26(33(38)39)18-31(29)35/h3-12,15-18,24,27,32,36-37H,13-14,19-21H2,1-2H3,(H,38,39)/t27-,32?/m1/s1. The lowest BCUT2D eigenvalue weighted by Crippen LogP contribution is -2.46. The van der Waals surface area contributed by atoms with Gasteiger partial charge in [-0.3, -0.25) is 0 Å². The molecule has 4 aromatic carbocycles. The monoisotopic (exact) mass is 541 g/mol. The minimum Gasteiger partial charge on any atom is -0.478 e. The highest BCUT2D eigenvalue weighted by Gasteiger charge is 2.35. The molecule has 40 heavy (non-hydrogen) atoms. The zero-order valence-electron chi connectivity index (χ0n) is 22.9. The van der Waals surface area contributed by atoms with Crippen LogP contribution >= 0.6 is 0 Å². The second-order valence-electron chi connectivity index (χ2n) is 11.5. The number of rotatable bonds is 12. The van der Waals surface area contributed by atoms with Crippen LogP contribution in [0.25, 0.3) is 21.9 Å². The van der Waals surface area contributed by atoms with E-state index in [2.05, 4.69) is 49.5 Å². The van der Waals surface area contributed by atoms with Crippen LogP contribution in [0.1, 0.15) is 54.3 Å². The molecule has 208 valence electrons. The molecule has 1 aliphatic carbocycles. The number of nitrogens with one attached hydrogen (secondary N) is 1. The maximum absolute atomic E-state index is 15.0. The number of benzene rings is 4. The maximum Gasteiger partial charge on any atom is 0.335 e. The van der Waals surface area contributed by atoms with Gasteiger partial charge in [0.05, 0.1) is 24.4 Å². The lowest BCUT2D eigenvalue weighted by Gasteiger charge is -2.29. The number of carbonyl (C=O) groups is 1. The Bertz CT molecular complexity index is 1500. The number of aliphatic hydroxyl groups excluding tert-OH is 1. The number of aromatic carboxylic acids is 1. The summed E-state index contributed by atoms with van der Waals surface area (Å²) in [6.45, 7) is 4.78. The second kappa shape index (κ2) is 11.9. The van der Waals surface area contributed by atoms with Crippen LogP contribution in [-0.2, 0) is 11.2 Å². The van der Waals surface area contributed by atoms with E-state index in [0.717, 1.165) is 30.9 Å². The Hall–Kier alpha value is -3.58. The van der Waals surface area contributed by atoms with E-state index in [1.54, 1.807) is 0 Å². The van der Waals surface area contributed by atoms with E-state index in [1.165, 1.54) is 28.5 Å². The normalized spacial score (nSPS) is 15.2. The van der Waals surface area contributed by atoms with Gasteiger partial charge in [0, 0.05) is 17.6 Å². The van der Waals surface area contributed by atoms with Gasteiger partial charge in [0.2, 0.25) is 0 Å². The molecule has 5 rings (SSSR count). The number of carboxylic acid groups (broad SMARTS) is 1. The molecule has 0 bridgehead atoms. The Morgan fingerprint density at radius 3 is 2.42 bits per heavy atom. The highest BCUT2D eigenvalue weighted by molar-refractivity contribution is 5.88. The minimum absolute atomic E-state index is 0.0899. The average Bonchev–Trinajstić information content (AvgIpc) is 3.77. The first-order chi connectivity index (χ1) is 19.2. The number of fused-ring (bicyclic) bond motifs is 1. The molecule has 0 radical (unpaired) electrons. The Balaban J connectivity index is 1.22. The fourth-order valence-corrected chi connectivity index (χ4v) is 5.33. The molecule has 0 saturated heterocycles. The van der Waals surface area contributed by atoms with Crippen molar-refractivity contribution in [2.45, 2.75) is 50.9 Å². The van der Waals surface area contributed by atoms with E-state index in [9.17, 15) is 19.4 Å². The largest absolute Gasteiger partial charge is 0.478 e. The number of hydrogen-bond acceptors (Lipinski definition) is 4. The van der Waals surface area contributed by atoms with Crippen LogP contribution in [0.5, 0.6) is 0 Å². The van der Waals surface area contributed by atoms with Crippen LogP contribution in [0.2, 0.25) is 0 Å². The van der Waals surface area contributed by atoms with Crippen LogP contribution in [0, 0.1) is 11.7 Å². The van der Waals surface area contributed by atoms with Crippen molar-refractivity contribution in [3.8, 4) is 11.1 Å². The Kier molecular flexibility index (Phi) is 8.31. The lowest BCUT2D eigenvalue weighted by molar-refractivity contribution is -0.0209. The van der Waals surface area contributed by atoms with Gasteiger partial charge < -0.3 is 20.3 Å². The quantitative estimate of drug-likeness (QED) is 0.184. The zero-order chi connectivity index (χ0) is 28.3. The first-order valence-electron chi connectivity index (χ1n) is 13.8. The summed E-state index contributed by atoms with van der Waals surface area (Å²) < 4.78 is 21.3. The fraction of sp³-hybridized carbons (Fsp3) is 0.324. The van der Waals surface area contributed by atoms with Gasteiger partial charge in [0.25, 0.3) is 0 Å². The highest BCUT2D eigenvalue weighted by Crippen LogP contribution is 2.46. The van der Waals surface area contributed by atoms with Gasteiger partial charge in [-0.1, -0.05) is 72.8 Å². The molecule has 1 fully saturated rings. The maximum atomic E-state index is 15.0. The number of β-amino-alcohol motifs (C(OH)–C–C–N with tert-alkyl or cyclic N) is 1. The van der Waals surface area contributed by atoms with Gasteiger partial charge >= 0.3 is 5.97 Å². The minimum atomic E-state index is -1.17. The first kappa shape index (κ1) is 28.0. The molecular formula is C34H36FNO4. The van der Waals surface area contributed by atoms with Crippen molar-refractivity contribution in [2.75, 3.05) is 13.2 Å².